The summed E-state index contributed by atoms with van der Waals surface area (Å²) in [4.78, 5) is 21.5. The maximum atomic E-state index is 13.6. The number of rotatable bonds is 3. The number of nitrogens with zero attached hydrogens (tertiary/aromatic N) is 3. The first-order valence-electron chi connectivity index (χ1n) is 10.2. The largest absolute Gasteiger partial charge is 0.340 e. The summed E-state index contributed by atoms with van der Waals surface area (Å²) in [5.74, 6) is -1.43. The summed E-state index contributed by atoms with van der Waals surface area (Å²) < 4.78 is 27.1. The number of aromatic nitrogens is 2. The standard InChI is InChI=1S/C19H26F2N6O/c20-19(21)6-4-11(5-7-19)27-17-14(10-24-27)18(28)26-16(25-17)13-3-2-12(13)15-22-8-1-9-23-15/h1,8-9,11-14,16-17,24-25H,2-7,10H2,(H,26,28)/t12-,13-,14?,16?,17?/m0/s1. The van der Waals surface area contributed by atoms with Crippen molar-refractivity contribution in [1.29, 1.82) is 0 Å². The normalized spacial score (nSPS) is 38.5. The highest BCUT2D eigenvalue weighted by molar-refractivity contribution is 5.81. The summed E-state index contributed by atoms with van der Waals surface area (Å²) in [6.07, 6.45) is 5.93. The molecule has 2 aliphatic heterocycles. The Morgan fingerprint density at radius 3 is 2.50 bits per heavy atom. The van der Waals surface area contributed by atoms with Gasteiger partial charge in [-0.25, -0.2) is 23.8 Å². The van der Waals surface area contributed by atoms with Gasteiger partial charge in [0.25, 0.3) is 0 Å². The van der Waals surface area contributed by atoms with Gasteiger partial charge in [-0.2, -0.15) is 0 Å². The zero-order chi connectivity index (χ0) is 19.3. The molecule has 3 heterocycles. The van der Waals surface area contributed by atoms with Gasteiger partial charge in [-0.05, 0) is 31.7 Å². The summed E-state index contributed by atoms with van der Waals surface area (Å²) in [6.45, 7) is 0.541. The van der Waals surface area contributed by atoms with E-state index >= 15 is 0 Å². The van der Waals surface area contributed by atoms with E-state index in [4.69, 9.17) is 0 Å². The number of carbonyl (C=O) groups excluding carboxylic acids is 1. The summed E-state index contributed by atoms with van der Waals surface area (Å²) in [7, 11) is 0. The molecular formula is C19H26F2N6O. The van der Waals surface area contributed by atoms with E-state index in [2.05, 4.69) is 26.0 Å². The lowest BCUT2D eigenvalue weighted by Crippen LogP contribution is -2.68. The molecule has 0 radical (unpaired) electrons. The van der Waals surface area contributed by atoms with Gasteiger partial charge in [0.15, 0.2) is 0 Å². The molecule has 1 aromatic heterocycles. The number of hydrogen-bond donors (Lipinski definition) is 3. The van der Waals surface area contributed by atoms with Crippen molar-refractivity contribution in [2.45, 2.75) is 68.7 Å². The molecule has 0 aromatic carbocycles. The molecule has 1 amide bonds. The van der Waals surface area contributed by atoms with Crippen LogP contribution in [0.25, 0.3) is 0 Å². The quantitative estimate of drug-likeness (QED) is 0.721. The number of halogens is 2. The molecule has 2 aliphatic carbocycles. The van der Waals surface area contributed by atoms with E-state index in [0.717, 1.165) is 18.7 Å². The molecule has 3 N–H and O–H groups in total. The Hall–Kier alpha value is -1.71. The van der Waals surface area contributed by atoms with Gasteiger partial charge in [-0.15, -0.1) is 0 Å². The Bertz CT molecular complexity index is 724. The number of carbonyl (C=O) groups is 1. The fourth-order valence-corrected chi connectivity index (χ4v) is 5.16. The molecule has 5 rings (SSSR count). The van der Waals surface area contributed by atoms with E-state index in [1.54, 1.807) is 18.5 Å². The zero-order valence-electron chi connectivity index (χ0n) is 15.7. The van der Waals surface area contributed by atoms with Crippen LogP contribution in [-0.2, 0) is 4.79 Å². The maximum Gasteiger partial charge on any atom is 0.248 e. The molecule has 9 heteroatoms. The van der Waals surface area contributed by atoms with Crippen LogP contribution in [0.3, 0.4) is 0 Å². The molecule has 0 bridgehead atoms. The SMILES string of the molecule is O=C1NC([C@H]2CC[C@@H]2c2ncccn2)NC2C1CNN2C1CCC(F)(F)CC1. The first-order chi connectivity index (χ1) is 13.5. The van der Waals surface area contributed by atoms with Crippen LogP contribution in [0, 0.1) is 11.8 Å². The van der Waals surface area contributed by atoms with Gasteiger partial charge in [-0.1, -0.05) is 0 Å². The second-order valence-corrected chi connectivity index (χ2v) is 8.52. The van der Waals surface area contributed by atoms with Gasteiger partial charge in [0, 0.05) is 49.7 Å². The van der Waals surface area contributed by atoms with Crippen LogP contribution in [0.2, 0.25) is 0 Å². The first-order valence-corrected chi connectivity index (χ1v) is 10.2. The third-order valence-corrected chi connectivity index (χ3v) is 6.91. The average Bonchev–Trinajstić information content (AvgIpc) is 3.06. The summed E-state index contributed by atoms with van der Waals surface area (Å²) >= 11 is 0. The zero-order valence-corrected chi connectivity index (χ0v) is 15.7. The monoisotopic (exact) mass is 392 g/mol. The Labute approximate surface area is 162 Å². The second-order valence-electron chi connectivity index (χ2n) is 8.52. The molecule has 2 saturated heterocycles. The summed E-state index contributed by atoms with van der Waals surface area (Å²) in [6, 6.07) is 1.83. The molecule has 3 unspecified atom stereocenters. The van der Waals surface area contributed by atoms with Crippen molar-refractivity contribution in [2.24, 2.45) is 11.8 Å². The van der Waals surface area contributed by atoms with Gasteiger partial charge in [0.2, 0.25) is 11.8 Å². The van der Waals surface area contributed by atoms with E-state index in [-0.39, 0.29) is 54.9 Å². The van der Waals surface area contributed by atoms with Crippen LogP contribution in [0.15, 0.2) is 18.5 Å². The minimum Gasteiger partial charge on any atom is -0.340 e. The number of hydrogen-bond acceptors (Lipinski definition) is 6. The highest BCUT2D eigenvalue weighted by Crippen LogP contribution is 2.44. The Balaban J connectivity index is 1.29. The molecule has 7 nitrogen and oxygen atoms in total. The van der Waals surface area contributed by atoms with Crippen LogP contribution >= 0.6 is 0 Å². The lowest BCUT2D eigenvalue weighted by atomic mass is 9.70. The van der Waals surface area contributed by atoms with Crippen LogP contribution in [0.4, 0.5) is 8.78 Å². The molecule has 1 aromatic rings. The van der Waals surface area contributed by atoms with Crippen LogP contribution < -0.4 is 16.1 Å². The second kappa shape index (κ2) is 6.96. The topological polar surface area (TPSA) is 82.2 Å². The molecule has 4 aliphatic rings. The molecule has 152 valence electrons. The van der Waals surface area contributed by atoms with E-state index in [9.17, 15) is 13.6 Å². The van der Waals surface area contributed by atoms with Crippen LogP contribution in [-0.4, -0.2) is 51.7 Å². The number of nitrogens with one attached hydrogen (secondary N) is 3. The first kappa shape index (κ1) is 18.3. The molecular weight excluding hydrogens is 366 g/mol. The lowest BCUT2D eigenvalue weighted by molar-refractivity contribution is -0.133. The van der Waals surface area contributed by atoms with Crippen LogP contribution in [0.1, 0.15) is 50.3 Å². The molecule has 2 saturated carbocycles. The number of hydrazine groups is 1. The third-order valence-electron chi connectivity index (χ3n) is 6.91. The molecule has 28 heavy (non-hydrogen) atoms. The minimum absolute atomic E-state index is 0.0309. The van der Waals surface area contributed by atoms with Crippen molar-refractivity contribution >= 4 is 5.91 Å². The maximum absolute atomic E-state index is 13.6. The van der Waals surface area contributed by atoms with Crippen molar-refractivity contribution in [3.8, 4) is 0 Å². The summed E-state index contributed by atoms with van der Waals surface area (Å²) in [5.41, 5.74) is 3.30. The Morgan fingerprint density at radius 2 is 1.82 bits per heavy atom. The highest BCUT2D eigenvalue weighted by atomic mass is 19.3. The van der Waals surface area contributed by atoms with Gasteiger partial charge >= 0.3 is 0 Å². The molecule has 0 spiro atoms. The molecule has 4 fully saturated rings. The highest BCUT2D eigenvalue weighted by Gasteiger charge is 2.51. The average molecular weight is 392 g/mol. The van der Waals surface area contributed by atoms with Gasteiger partial charge in [0.1, 0.15) is 5.82 Å². The number of fused-ring (bicyclic) bond motifs is 1. The van der Waals surface area contributed by atoms with Crippen molar-refractivity contribution in [3.63, 3.8) is 0 Å². The number of alkyl halides is 2. The Morgan fingerprint density at radius 1 is 1.07 bits per heavy atom. The fraction of sp³-hybridized carbons (Fsp3) is 0.737. The Kier molecular flexibility index (Phi) is 4.56. The predicted octanol–water partition coefficient (Wildman–Crippen LogP) is 1.36. The van der Waals surface area contributed by atoms with E-state index < -0.39 is 5.92 Å². The fourth-order valence-electron chi connectivity index (χ4n) is 5.16. The van der Waals surface area contributed by atoms with E-state index in [1.165, 1.54) is 0 Å². The lowest BCUT2D eigenvalue weighted by Gasteiger charge is -2.47. The van der Waals surface area contributed by atoms with E-state index in [1.807, 2.05) is 5.01 Å². The van der Waals surface area contributed by atoms with E-state index in [0.29, 0.717) is 19.4 Å². The third kappa shape index (κ3) is 3.19. The van der Waals surface area contributed by atoms with Gasteiger partial charge < -0.3 is 5.32 Å². The van der Waals surface area contributed by atoms with Crippen molar-refractivity contribution < 1.29 is 13.6 Å². The predicted molar refractivity (Wildman–Crippen MR) is 96.9 cm³/mol. The number of amides is 1. The van der Waals surface area contributed by atoms with Gasteiger partial charge in [-0.3, -0.25) is 15.5 Å². The smallest absolute Gasteiger partial charge is 0.248 e. The van der Waals surface area contributed by atoms with Crippen molar-refractivity contribution in [3.05, 3.63) is 24.3 Å². The van der Waals surface area contributed by atoms with Crippen molar-refractivity contribution in [1.82, 2.24) is 31.0 Å². The minimum atomic E-state index is -2.55. The van der Waals surface area contributed by atoms with Crippen molar-refractivity contribution in [2.75, 3.05) is 6.54 Å². The van der Waals surface area contributed by atoms with Crippen LogP contribution in [0.5, 0.6) is 0 Å². The molecule has 5 atom stereocenters. The summed E-state index contributed by atoms with van der Waals surface area (Å²) in [5, 5.41) is 8.78. The van der Waals surface area contributed by atoms with Gasteiger partial charge in [0.05, 0.1) is 18.2 Å².